The van der Waals surface area contributed by atoms with Crippen molar-refractivity contribution >= 4 is 0 Å². The predicted octanol–water partition coefficient (Wildman–Crippen LogP) is 2.06. The number of methoxy groups -OCH3 is 2. The highest BCUT2D eigenvalue weighted by Crippen LogP contribution is 2.45. The van der Waals surface area contributed by atoms with Crippen LogP contribution in [0.15, 0.2) is 18.2 Å². The van der Waals surface area contributed by atoms with Crippen molar-refractivity contribution in [3.05, 3.63) is 23.8 Å². The average Bonchev–Trinajstić information content (AvgIpc) is 2.54. The van der Waals surface area contributed by atoms with Gasteiger partial charge in [0, 0.05) is 18.8 Å². The molecule has 1 aromatic carbocycles. The molecule has 0 bridgehead atoms. The first-order chi connectivity index (χ1) is 9.66. The molecule has 1 aromatic rings. The maximum absolute atomic E-state index is 10.7. The van der Waals surface area contributed by atoms with Crippen LogP contribution in [0.25, 0.3) is 0 Å². The Morgan fingerprint density at radius 2 is 2.00 bits per heavy atom. The molecule has 1 aliphatic rings. The van der Waals surface area contributed by atoms with E-state index < -0.39 is 11.5 Å². The van der Waals surface area contributed by atoms with Crippen LogP contribution in [0.3, 0.4) is 0 Å². The summed E-state index contributed by atoms with van der Waals surface area (Å²) in [6.07, 6.45) is 0.0808. The Kier molecular flexibility index (Phi) is 4.48. The van der Waals surface area contributed by atoms with Gasteiger partial charge in [0.1, 0.15) is 17.6 Å². The third-order valence-electron chi connectivity index (χ3n) is 3.86. The number of hydrogen-bond acceptors (Lipinski definition) is 5. The molecule has 20 heavy (non-hydrogen) atoms. The largest absolute Gasteiger partial charge is 0.497 e. The third kappa shape index (κ3) is 2.58. The molecule has 0 amide bonds. The highest BCUT2D eigenvalue weighted by molar-refractivity contribution is 5.43. The van der Waals surface area contributed by atoms with E-state index in [-0.39, 0.29) is 0 Å². The molecule has 1 fully saturated rings. The van der Waals surface area contributed by atoms with Crippen molar-refractivity contribution in [3.8, 4) is 17.6 Å². The first-order valence-electron chi connectivity index (χ1n) is 6.56. The van der Waals surface area contributed by atoms with Crippen molar-refractivity contribution in [2.45, 2.75) is 18.9 Å². The van der Waals surface area contributed by atoms with Gasteiger partial charge in [-0.2, -0.15) is 5.26 Å². The second-order valence-electron chi connectivity index (χ2n) is 4.89. The summed E-state index contributed by atoms with van der Waals surface area (Å²) in [6, 6.07) is 7.50. The van der Waals surface area contributed by atoms with Crippen molar-refractivity contribution in [1.29, 1.82) is 5.26 Å². The topological polar surface area (TPSA) is 71.7 Å². The smallest absolute Gasteiger partial charge is 0.124 e. The van der Waals surface area contributed by atoms with E-state index in [0.717, 1.165) is 0 Å². The molecule has 2 rings (SSSR count). The minimum atomic E-state index is -0.929. The van der Waals surface area contributed by atoms with Crippen LogP contribution < -0.4 is 9.47 Å². The fourth-order valence-corrected chi connectivity index (χ4v) is 2.53. The van der Waals surface area contributed by atoms with Gasteiger partial charge in [0.15, 0.2) is 0 Å². The number of rotatable bonds is 4. The monoisotopic (exact) mass is 277 g/mol. The van der Waals surface area contributed by atoms with E-state index in [9.17, 15) is 10.4 Å². The molecule has 1 unspecified atom stereocenters. The summed E-state index contributed by atoms with van der Waals surface area (Å²) in [7, 11) is 3.10. The molecule has 0 aromatic heterocycles. The summed E-state index contributed by atoms with van der Waals surface area (Å²) in [5.41, 5.74) is -0.256. The van der Waals surface area contributed by atoms with Crippen molar-refractivity contribution in [2.75, 3.05) is 27.4 Å². The Morgan fingerprint density at radius 3 is 2.55 bits per heavy atom. The second-order valence-corrected chi connectivity index (χ2v) is 4.89. The second kappa shape index (κ2) is 6.12. The van der Waals surface area contributed by atoms with Gasteiger partial charge in [-0.05, 0) is 31.0 Å². The molecule has 0 spiro atoms. The molecule has 0 aliphatic carbocycles. The summed E-state index contributed by atoms with van der Waals surface area (Å²) in [5, 5.41) is 20.2. The van der Waals surface area contributed by atoms with E-state index in [0.29, 0.717) is 43.1 Å². The molecule has 1 atom stereocenters. The van der Waals surface area contributed by atoms with Gasteiger partial charge in [-0.15, -0.1) is 0 Å². The number of nitriles is 1. The molecule has 0 radical (unpaired) electrons. The van der Waals surface area contributed by atoms with Gasteiger partial charge in [0.2, 0.25) is 0 Å². The summed E-state index contributed by atoms with van der Waals surface area (Å²) < 4.78 is 15.8. The van der Waals surface area contributed by atoms with Crippen LogP contribution in [0.5, 0.6) is 11.5 Å². The molecule has 1 aliphatic heterocycles. The van der Waals surface area contributed by atoms with Crippen LogP contribution in [-0.2, 0) is 4.74 Å². The highest BCUT2D eigenvalue weighted by Gasteiger charge is 2.42. The lowest BCUT2D eigenvalue weighted by atomic mass is 9.74. The van der Waals surface area contributed by atoms with E-state index >= 15 is 0 Å². The fraction of sp³-hybridized carbons (Fsp3) is 0.533. The lowest BCUT2D eigenvalue weighted by Gasteiger charge is -2.35. The van der Waals surface area contributed by atoms with Gasteiger partial charge in [0.25, 0.3) is 0 Å². The molecule has 1 N–H and O–H groups in total. The van der Waals surface area contributed by atoms with Crippen LogP contribution in [0.4, 0.5) is 0 Å². The quantitative estimate of drug-likeness (QED) is 0.912. The van der Waals surface area contributed by atoms with Gasteiger partial charge in [-0.3, -0.25) is 0 Å². The van der Waals surface area contributed by atoms with Crippen LogP contribution in [0.2, 0.25) is 0 Å². The summed E-state index contributed by atoms with van der Waals surface area (Å²) in [4.78, 5) is 0. The molecule has 5 nitrogen and oxygen atoms in total. The number of aliphatic hydroxyl groups is 1. The molecular formula is C15H19NO4. The normalized spacial score (nSPS) is 18.9. The zero-order valence-corrected chi connectivity index (χ0v) is 11.8. The summed E-state index contributed by atoms with van der Waals surface area (Å²) in [6.45, 7) is 0.966. The van der Waals surface area contributed by atoms with E-state index in [1.807, 2.05) is 0 Å². The summed E-state index contributed by atoms with van der Waals surface area (Å²) in [5.74, 6) is 1.18. The maximum atomic E-state index is 10.7. The van der Waals surface area contributed by atoms with E-state index in [4.69, 9.17) is 14.2 Å². The van der Waals surface area contributed by atoms with Crippen LogP contribution in [0.1, 0.15) is 24.5 Å². The number of aliphatic hydroxyl groups excluding tert-OH is 1. The van der Waals surface area contributed by atoms with Gasteiger partial charge >= 0.3 is 0 Å². The minimum absolute atomic E-state index is 0.483. The van der Waals surface area contributed by atoms with Crippen molar-refractivity contribution in [2.24, 2.45) is 5.41 Å². The standard InChI is InChI=1S/C15H19NO4/c1-18-11-3-4-13(19-2)12(9-11)14(17)15(10-16)5-7-20-8-6-15/h3-4,9,14,17H,5-8H2,1-2H3. The Labute approximate surface area is 118 Å². The average molecular weight is 277 g/mol. The van der Waals surface area contributed by atoms with Gasteiger partial charge < -0.3 is 19.3 Å². The minimum Gasteiger partial charge on any atom is -0.497 e. The molecular weight excluding hydrogens is 258 g/mol. The fourth-order valence-electron chi connectivity index (χ4n) is 2.53. The van der Waals surface area contributed by atoms with Crippen molar-refractivity contribution in [3.63, 3.8) is 0 Å². The molecule has 1 heterocycles. The van der Waals surface area contributed by atoms with Crippen LogP contribution in [-0.4, -0.2) is 32.5 Å². The highest BCUT2D eigenvalue weighted by atomic mass is 16.5. The third-order valence-corrected chi connectivity index (χ3v) is 3.86. The van der Waals surface area contributed by atoms with Gasteiger partial charge in [-0.25, -0.2) is 0 Å². The summed E-state index contributed by atoms with van der Waals surface area (Å²) >= 11 is 0. The number of nitrogens with zero attached hydrogens (tertiary/aromatic N) is 1. The van der Waals surface area contributed by atoms with Gasteiger partial charge in [-0.1, -0.05) is 0 Å². The number of ether oxygens (including phenoxy) is 3. The molecule has 1 saturated heterocycles. The van der Waals surface area contributed by atoms with Crippen molar-refractivity contribution in [1.82, 2.24) is 0 Å². The van der Waals surface area contributed by atoms with Crippen LogP contribution >= 0.6 is 0 Å². The number of benzene rings is 1. The zero-order chi connectivity index (χ0) is 14.6. The Bertz CT molecular complexity index is 503. The Morgan fingerprint density at radius 1 is 1.30 bits per heavy atom. The molecule has 108 valence electrons. The molecule has 0 saturated carbocycles. The predicted molar refractivity (Wildman–Crippen MR) is 72.6 cm³/mol. The molecule has 5 heteroatoms. The lowest BCUT2D eigenvalue weighted by Crippen LogP contribution is -2.34. The first kappa shape index (κ1) is 14.6. The van der Waals surface area contributed by atoms with E-state index in [2.05, 4.69) is 6.07 Å². The Hall–Kier alpha value is -1.77. The number of hydrogen-bond donors (Lipinski definition) is 1. The SMILES string of the molecule is COc1ccc(OC)c(C(O)C2(C#N)CCOCC2)c1. The van der Waals surface area contributed by atoms with Crippen LogP contribution in [0, 0.1) is 16.7 Å². The Balaban J connectivity index is 2.40. The van der Waals surface area contributed by atoms with Crippen molar-refractivity contribution < 1.29 is 19.3 Å². The van der Waals surface area contributed by atoms with E-state index in [1.165, 1.54) is 0 Å². The maximum Gasteiger partial charge on any atom is 0.124 e. The van der Waals surface area contributed by atoms with E-state index in [1.54, 1.807) is 32.4 Å². The first-order valence-corrected chi connectivity index (χ1v) is 6.56. The van der Waals surface area contributed by atoms with Gasteiger partial charge in [0.05, 0.1) is 25.7 Å². The lowest BCUT2D eigenvalue weighted by molar-refractivity contribution is -0.0318. The zero-order valence-electron chi connectivity index (χ0n) is 11.8.